The Kier molecular flexibility index (Phi) is 8.24. The molecule has 1 aliphatic carbocycles. The van der Waals surface area contributed by atoms with Gasteiger partial charge in [-0.05, 0) is 90.6 Å². The van der Waals surface area contributed by atoms with Gasteiger partial charge in [0.15, 0.2) is 0 Å². The lowest BCUT2D eigenvalue weighted by molar-refractivity contribution is 0.0106. The average molecular weight is 627 g/mol. The predicted molar refractivity (Wildman–Crippen MR) is 144 cm³/mol. The predicted octanol–water partition coefficient (Wildman–Crippen LogP) is 3.42. The third-order valence-corrected chi connectivity index (χ3v) is 7.74. The minimum absolute atomic E-state index is 0.00864. The molecule has 4 rings (SSSR count). The highest BCUT2D eigenvalue weighted by atomic mass is 127. The Morgan fingerprint density at radius 1 is 1.27 bits per heavy atom. The van der Waals surface area contributed by atoms with Crippen LogP contribution in [0.2, 0.25) is 0 Å². The van der Waals surface area contributed by atoms with Crippen LogP contribution in [0.3, 0.4) is 0 Å². The number of amidine groups is 1. The highest BCUT2D eigenvalue weighted by Gasteiger charge is 2.42. The van der Waals surface area contributed by atoms with Gasteiger partial charge in [-0.2, -0.15) is 0 Å². The fraction of sp³-hybridized carbons (Fsp3) is 0.423. The third-order valence-electron chi connectivity index (χ3n) is 7.11. The highest BCUT2D eigenvalue weighted by molar-refractivity contribution is 14.1. The molecule has 0 spiro atoms. The fourth-order valence-electron chi connectivity index (χ4n) is 4.90. The molecule has 1 amide bonds. The molecule has 1 fully saturated rings. The van der Waals surface area contributed by atoms with E-state index in [1.54, 1.807) is 6.07 Å². The van der Waals surface area contributed by atoms with Gasteiger partial charge < -0.3 is 21.9 Å². The van der Waals surface area contributed by atoms with Gasteiger partial charge in [0.1, 0.15) is 29.4 Å². The summed E-state index contributed by atoms with van der Waals surface area (Å²) in [5.74, 6) is -1.99. The van der Waals surface area contributed by atoms with Crippen LogP contribution in [0.5, 0.6) is 0 Å². The largest absolute Gasteiger partial charge is 0.390 e. The number of aliphatic imine (C=N–C) groups is 2. The Morgan fingerprint density at radius 2 is 2.03 bits per heavy atom. The fourth-order valence-corrected chi connectivity index (χ4v) is 5.56. The van der Waals surface area contributed by atoms with E-state index in [2.05, 4.69) is 10.3 Å². The first-order chi connectivity index (χ1) is 17.5. The molecule has 0 bridgehead atoms. The summed E-state index contributed by atoms with van der Waals surface area (Å²) in [4.78, 5) is 22.0. The summed E-state index contributed by atoms with van der Waals surface area (Å²) in [7, 11) is 0. The molecule has 6 N–H and O–H groups in total. The van der Waals surface area contributed by atoms with Crippen LogP contribution in [0.25, 0.3) is 0 Å². The van der Waals surface area contributed by atoms with Crippen molar-refractivity contribution in [1.82, 2.24) is 5.32 Å². The summed E-state index contributed by atoms with van der Waals surface area (Å²) in [5.41, 5.74) is 12.0. The summed E-state index contributed by atoms with van der Waals surface area (Å²) < 4.78 is 43.8. The van der Waals surface area contributed by atoms with Crippen LogP contribution in [0.1, 0.15) is 53.7 Å². The van der Waals surface area contributed by atoms with E-state index in [-0.39, 0.29) is 42.5 Å². The topological polar surface area (TPSA) is 126 Å². The number of nitrogens with zero attached hydrogens (tertiary/aromatic N) is 2. The molecule has 1 aliphatic heterocycles. The van der Waals surface area contributed by atoms with Gasteiger partial charge in [-0.1, -0.05) is 6.07 Å². The lowest BCUT2D eigenvalue weighted by atomic mass is 9.74. The maximum Gasteiger partial charge on any atom is 0.254 e. The molecule has 1 unspecified atom stereocenters. The number of halogens is 4. The molecule has 37 heavy (non-hydrogen) atoms. The van der Waals surface area contributed by atoms with Gasteiger partial charge in [0.05, 0.1) is 29.8 Å². The number of alkyl halides is 1. The van der Waals surface area contributed by atoms with Crippen molar-refractivity contribution < 1.29 is 23.1 Å². The maximum atomic E-state index is 15.1. The van der Waals surface area contributed by atoms with Crippen LogP contribution in [0, 0.1) is 21.1 Å². The van der Waals surface area contributed by atoms with Gasteiger partial charge in [-0.25, -0.2) is 13.2 Å². The second-order valence-electron chi connectivity index (χ2n) is 9.77. The molecule has 198 valence electrons. The number of hydrogen-bond donors (Lipinski definition) is 4. The van der Waals surface area contributed by atoms with Gasteiger partial charge in [0.2, 0.25) is 0 Å². The zero-order chi connectivity index (χ0) is 26.9. The van der Waals surface area contributed by atoms with E-state index < -0.39 is 41.4 Å². The SMILES string of the molecule is CC1([C@@H]2CC[C@@H](O)[C@H](F)C2)CN=C(N)C(c2ccc(C(=O)N[C@H](CN)c3cc(F)cc(I)c3)c(F)c2)=N1. The van der Waals surface area contributed by atoms with Crippen molar-refractivity contribution in [3.05, 3.63) is 68.3 Å². The summed E-state index contributed by atoms with van der Waals surface area (Å²) in [6, 6.07) is 7.61. The van der Waals surface area contributed by atoms with Gasteiger partial charge in [-0.15, -0.1) is 0 Å². The maximum absolute atomic E-state index is 15.1. The lowest BCUT2D eigenvalue weighted by Gasteiger charge is -2.40. The van der Waals surface area contributed by atoms with Crippen LogP contribution in [0.4, 0.5) is 13.2 Å². The van der Waals surface area contributed by atoms with Crippen molar-refractivity contribution in [1.29, 1.82) is 0 Å². The summed E-state index contributed by atoms with van der Waals surface area (Å²) >= 11 is 1.96. The molecule has 0 aromatic heterocycles. The number of carbonyl (C=O) groups excluding carboxylic acids is 1. The molecule has 11 heteroatoms. The molecule has 2 aliphatic rings. The van der Waals surface area contributed by atoms with E-state index in [4.69, 9.17) is 16.5 Å². The number of aliphatic hydroxyl groups excluding tert-OH is 1. The van der Waals surface area contributed by atoms with Crippen molar-refractivity contribution in [3.8, 4) is 0 Å². The van der Waals surface area contributed by atoms with Gasteiger partial charge >= 0.3 is 0 Å². The van der Waals surface area contributed by atoms with Crippen LogP contribution in [-0.2, 0) is 0 Å². The zero-order valence-electron chi connectivity index (χ0n) is 20.2. The molecule has 1 heterocycles. The van der Waals surface area contributed by atoms with Crippen molar-refractivity contribution in [2.24, 2.45) is 27.4 Å². The minimum atomic E-state index is -1.33. The first-order valence-electron chi connectivity index (χ1n) is 12.0. The summed E-state index contributed by atoms with van der Waals surface area (Å²) in [6.07, 6.45) is -1.23. The van der Waals surface area contributed by atoms with Crippen LogP contribution >= 0.6 is 22.6 Å². The minimum Gasteiger partial charge on any atom is -0.390 e. The summed E-state index contributed by atoms with van der Waals surface area (Å²) in [6.45, 7) is 2.11. The van der Waals surface area contributed by atoms with Crippen molar-refractivity contribution in [2.45, 2.75) is 50.0 Å². The molecule has 0 saturated heterocycles. The number of benzene rings is 2. The highest BCUT2D eigenvalue weighted by Crippen LogP contribution is 2.38. The van der Waals surface area contributed by atoms with Gasteiger partial charge in [0.25, 0.3) is 5.91 Å². The Morgan fingerprint density at radius 3 is 2.68 bits per heavy atom. The van der Waals surface area contributed by atoms with Crippen LogP contribution < -0.4 is 16.8 Å². The third kappa shape index (κ3) is 5.99. The van der Waals surface area contributed by atoms with E-state index in [9.17, 15) is 18.7 Å². The molecule has 5 atom stereocenters. The lowest BCUT2D eigenvalue weighted by Crippen LogP contribution is -2.47. The number of hydrogen-bond acceptors (Lipinski definition) is 6. The molecule has 1 saturated carbocycles. The van der Waals surface area contributed by atoms with Gasteiger partial charge in [-0.3, -0.25) is 14.8 Å². The summed E-state index contributed by atoms with van der Waals surface area (Å²) in [5, 5.41) is 12.4. The van der Waals surface area contributed by atoms with E-state index >= 15 is 4.39 Å². The Bertz CT molecular complexity index is 1240. The smallest absolute Gasteiger partial charge is 0.254 e. The van der Waals surface area contributed by atoms with Crippen LogP contribution in [-0.4, -0.2) is 53.5 Å². The van der Waals surface area contributed by atoms with Crippen LogP contribution in [0.15, 0.2) is 46.4 Å². The second kappa shape index (κ2) is 11.1. The molecular formula is C26H29F3IN5O2. The van der Waals surface area contributed by atoms with E-state index in [0.717, 1.165) is 6.07 Å². The van der Waals surface area contributed by atoms with Crippen molar-refractivity contribution in [2.75, 3.05) is 13.1 Å². The number of carbonyl (C=O) groups is 1. The first kappa shape index (κ1) is 27.5. The van der Waals surface area contributed by atoms with Gasteiger partial charge in [0, 0.05) is 15.7 Å². The van der Waals surface area contributed by atoms with E-state index in [1.807, 2.05) is 29.5 Å². The van der Waals surface area contributed by atoms with Crippen molar-refractivity contribution in [3.63, 3.8) is 0 Å². The Balaban J connectivity index is 1.56. The van der Waals surface area contributed by atoms with Crippen molar-refractivity contribution >= 4 is 40.0 Å². The molecule has 2 aromatic carbocycles. The number of amides is 1. The molecule has 2 aromatic rings. The average Bonchev–Trinajstić information content (AvgIpc) is 2.85. The molecule has 7 nitrogen and oxygen atoms in total. The number of nitrogens with two attached hydrogens (primary N) is 2. The molecular weight excluding hydrogens is 598 g/mol. The number of aliphatic hydroxyl groups is 1. The number of nitrogens with one attached hydrogen (secondary N) is 1. The van der Waals surface area contributed by atoms with E-state index in [0.29, 0.717) is 27.5 Å². The number of rotatable bonds is 6. The zero-order valence-corrected chi connectivity index (χ0v) is 22.4. The Labute approximate surface area is 226 Å². The quantitative estimate of drug-likeness (QED) is 0.367. The normalized spacial score (nSPS) is 26.7. The molecule has 0 radical (unpaired) electrons. The monoisotopic (exact) mass is 627 g/mol. The Hall–Kier alpha value is -2.51. The second-order valence-corrected chi connectivity index (χ2v) is 11.0. The standard InChI is InChI=1S/C26H29F3IN5O2/c1-26(15-3-5-22(36)20(29)9-15)12-33-24(32)23(35-26)13-2-4-18(19(28)8-13)25(37)34-21(11-31)14-6-16(27)10-17(30)7-14/h2,4,6-8,10,15,20-22,36H,3,5,9,11-12,31H2,1H3,(H2,32,33)(H,34,37)/t15-,20-,21-,22-,26?/m1/s1. The first-order valence-corrected chi connectivity index (χ1v) is 13.1. The van der Waals surface area contributed by atoms with E-state index in [1.165, 1.54) is 24.3 Å².